The normalized spacial score (nSPS) is 14.0. The fourth-order valence-electron chi connectivity index (χ4n) is 11.0. The van der Waals surface area contributed by atoms with Gasteiger partial charge in [0.25, 0.3) is 6.71 Å². The Labute approximate surface area is 407 Å². The molecule has 4 heterocycles. The van der Waals surface area contributed by atoms with E-state index in [1.165, 1.54) is 61.4 Å². The number of hydrogen-bond donors (Lipinski definition) is 0. The maximum atomic E-state index is 6.83. The molecule has 8 aromatic carbocycles. The minimum Gasteiger partial charge on any atom is -0.456 e. The zero-order valence-corrected chi connectivity index (χ0v) is 42.2. The summed E-state index contributed by atoms with van der Waals surface area (Å²) in [5.41, 5.74) is 21.8. The first kappa shape index (κ1) is 43.3. The van der Waals surface area contributed by atoms with Crippen molar-refractivity contribution >= 4 is 101 Å². The quantitative estimate of drug-likeness (QED) is 0.165. The lowest BCUT2D eigenvalue weighted by Crippen LogP contribution is -2.61. The van der Waals surface area contributed by atoms with E-state index in [0.29, 0.717) is 0 Å². The number of benzene rings is 8. The number of fused-ring (bicyclic) bond motifs is 10. The second kappa shape index (κ2) is 14.8. The van der Waals surface area contributed by atoms with Gasteiger partial charge in [-0.2, -0.15) is 0 Å². The Kier molecular flexibility index (Phi) is 9.27. The second-order valence-corrected chi connectivity index (χ2v) is 23.9. The van der Waals surface area contributed by atoms with Gasteiger partial charge in [-0.1, -0.05) is 168 Å². The van der Waals surface area contributed by atoms with E-state index in [-0.39, 0.29) is 28.4 Å². The van der Waals surface area contributed by atoms with Crippen molar-refractivity contribution in [1.82, 2.24) is 0 Å². The molecule has 0 unspecified atom stereocenters. The van der Waals surface area contributed by atoms with Gasteiger partial charge in [-0.3, -0.25) is 0 Å². The van der Waals surface area contributed by atoms with Gasteiger partial charge >= 0.3 is 0 Å². The van der Waals surface area contributed by atoms with Crippen LogP contribution in [0.5, 0.6) is 0 Å². The van der Waals surface area contributed by atoms with Crippen LogP contribution in [0.3, 0.4) is 0 Å². The molecular weight excluding hydrogens is 840 g/mol. The summed E-state index contributed by atoms with van der Waals surface area (Å²) in [4.78, 5) is 5.11. The third kappa shape index (κ3) is 6.86. The first-order valence-corrected chi connectivity index (χ1v) is 24.8. The van der Waals surface area contributed by atoms with Crippen LogP contribution in [0, 0.1) is 0 Å². The van der Waals surface area contributed by atoms with Crippen molar-refractivity contribution in [3.05, 3.63) is 174 Å². The van der Waals surface area contributed by atoms with E-state index < -0.39 is 0 Å². The lowest BCUT2D eigenvalue weighted by atomic mass is 9.33. The fourth-order valence-corrected chi connectivity index (χ4v) is 11.0. The Bertz CT molecular complexity index is 3730. The molecule has 0 bridgehead atoms. The maximum Gasteiger partial charge on any atom is 0.252 e. The zero-order valence-electron chi connectivity index (χ0n) is 42.2. The predicted molar refractivity (Wildman–Crippen MR) is 295 cm³/mol. The first-order valence-electron chi connectivity index (χ1n) is 24.8. The van der Waals surface area contributed by atoms with Crippen molar-refractivity contribution in [2.24, 2.45) is 0 Å². The SMILES string of the molecule is CC(C)(C)c1ccc2c(c1)N(c1ccc(-c3cccc4c3oc3ccccc34)cc1)c1cc(C(C)(C)C)cc3c1B2c1ccc(C(C)(C)C)cc1N3c1ccc2c(c1)oc1cc(C(C)(C)C)ccc12. The molecule has 0 amide bonds. The van der Waals surface area contributed by atoms with Gasteiger partial charge in [-0.15, -0.1) is 0 Å². The standard InChI is InChI=1S/C64H61BN2O2/c1-61(2,3)39-23-30-50-52(32-39)66(43-25-20-38(21-26-43)45-17-15-18-49-46-16-13-14-19-56(46)69-60(45)49)54-34-42(64(10,11)12)35-55-59(54)65(50)51-31-24-40(62(4,5)6)33-53(51)67(55)44-27-29-48-47-28-22-41(63(7,8)9)36-57(47)68-58(48)37-44/h13-37H,1-12H3. The van der Waals surface area contributed by atoms with Crippen LogP contribution in [0.4, 0.5) is 34.1 Å². The molecule has 2 aromatic heterocycles. The highest BCUT2D eigenvalue weighted by Gasteiger charge is 2.45. The van der Waals surface area contributed by atoms with Crippen LogP contribution in [0.1, 0.15) is 105 Å². The molecule has 0 fully saturated rings. The fraction of sp³-hybridized carbons (Fsp3) is 0.250. The minimum absolute atomic E-state index is 0.000247. The van der Waals surface area contributed by atoms with Gasteiger partial charge in [0.15, 0.2) is 0 Å². The van der Waals surface area contributed by atoms with E-state index in [1.807, 2.05) is 6.07 Å². The number of rotatable bonds is 3. The van der Waals surface area contributed by atoms with E-state index in [0.717, 1.165) is 66.4 Å². The Morgan fingerprint density at radius 3 is 1.45 bits per heavy atom. The second-order valence-electron chi connectivity index (χ2n) is 23.9. The average molecular weight is 901 g/mol. The van der Waals surface area contributed by atoms with Crippen molar-refractivity contribution in [3.8, 4) is 11.1 Å². The van der Waals surface area contributed by atoms with Crippen molar-refractivity contribution in [2.45, 2.75) is 105 Å². The van der Waals surface area contributed by atoms with Crippen LogP contribution < -0.4 is 26.2 Å². The van der Waals surface area contributed by atoms with E-state index in [4.69, 9.17) is 8.83 Å². The number of para-hydroxylation sites is 2. The smallest absolute Gasteiger partial charge is 0.252 e. The third-order valence-corrected chi connectivity index (χ3v) is 15.1. The summed E-state index contributed by atoms with van der Waals surface area (Å²) in [5, 5.41) is 4.55. The van der Waals surface area contributed by atoms with E-state index in [9.17, 15) is 0 Å². The van der Waals surface area contributed by atoms with Crippen LogP contribution in [0.15, 0.2) is 160 Å². The molecule has 0 atom stereocenters. The maximum absolute atomic E-state index is 6.83. The van der Waals surface area contributed by atoms with E-state index in [2.05, 4.69) is 238 Å². The van der Waals surface area contributed by atoms with Crippen LogP contribution in [0.2, 0.25) is 0 Å². The van der Waals surface area contributed by atoms with Gasteiger partial charge in [-0.05, 0) is 127 Å². The molecular formula is C64H61BN2O2. The summed E-state index contributed by atoms with van der Waals surface area (Å²) in [6.07, 6.45) is 0. The van der Waals surface area contributed by atoms with E-state index >= 15 is 0 Å². The lowest BCUT2D eigenvalue weighted by molar-refractivity contribution is 0.587. The summed E-state index contributed by atoms with van der Waals surface area (Å²) in [7, 11) is 0. The molecule has 2 aliphatic heterocycles. The molecule has 2 aliphatic rings. The highest BCUT2D eigenvalue weighted by Crippen LogP contribution is 2.49. The van der Waals surface area contributed by atoms with Gasteiger partial charge < -0.3 is 18.6 Å². The van der Waals surface area contributed by atoms with Gasteiger partial charge in [0.2, 0.25) is 0 Å². The Morgan fingerprint density at radius 2 is 0.841 bits per heavy atom. The molecule has 0 radical (unpaired) electrons. The zero-order chi connectivity index (χ0) is 48.1. The Hall–Kier alpha value is -6.98. The third-order valence-electron chi connectivity index (χ3n) is 15.1. The summed E-state index contributed by atoms with van der Waals surface area (Å²) >= 11 is 0. The topological polar surface area (TPSA) is 32.8 Å². The van der Waals surface area contributed by atoms with Crippen LogP contribution in [-0.4, -0.2) is 6.71 Å². The monoisotopic (exact) mass is 900 g/mol. The molecule has 10 aromatic rings. The highest BCUT2D eigenvalue weighted by molar-refractivity contribution is 7.00. The number of furan rings is 2. The molecule has 0 aliphatic carbocycles. The van der Waals surface area contributed by atoms with Crippen LogP contribution >= 0.6 is 0 Å². The van der Waals surface area contributed by atoms with Crippen molar-refractivity contribution < 1.29 is 8.83 Å². The van der Waals surface area contributed by atoms with Gasteiger partial charge in [-0.25, -0.2) is 0 Å². The van der Waals surface area contributed by atoms with Crippen molar-refractivity contribution in [2.75, 3.05) is 9.80 Å². The van der Waals surface area contributed by atoms with Gasteiger partial charge in [0, 0.05) is 67.3 Å². The van der Waals surface area contributed by atoms with E-state index in [1.54, 1.807) is 0 Å². The number of hydrogen-bond acceptors (Lipinski definition) is 4. The molecule has 0 N–H and O–H groups in total. The molecule has 5 heteroatoms. The first-order chi connectivity index (χ1) is 32.7. The van der Waals surface area contributed by atoms with Gasteiger partial charge in [0.05, 0.1) is 0 Å². The molecule has 342 valence electrons. The molecule has 4 nitrogen and oxygen atoms in total. The highest BCUT2D eigenvalue weighted by atomic mass is 16.3. The summed E-state index contributed by atoms with van der Waals surface area (Å²) in [6, 6.07) is 57.1. The molecule has 0 saturated heterocycles. The molecule has 0 saturated carbocycles. The van der Waals surface area contributed by atoms with Crippen molar-refractivity contribution in [3.63, 3.8) is 0 Å². The van der Waals surface area contributed by atoms with Gasteiger partial charge in [0.1, 0.15) is 22.3 Å². The van der Waals surface area contributed by atoms with Crippen molar-refractivity contribution in [1.29, 1.82) is 0 Å². The average Bonchev–Trinajstić information content (AvgIpc) is 3.88. The largest absolute Gasteiger partial charge is 0.456 e. The number of anilines is 6. The van der Waals surface area contributed by atoms with Crippen LogP contribution in [0.25, 0.3) is 55.0 Å². The van der Waals surface area contributed by atoms with Crippen LogP contribution in [-0.2, 0) is 21.7 Å². The lowest BCUT2D eigenvalue weighted by Gasteiger charge is -2.45. The minimum atomic E-state index is -0.151. The Morgan fingerprint density at radius 1 is 0.362 bits per heavy atom. The summed E-state index contributed by atoms with van der Waals surface area (Å²) in [6.45, 7) is 27.7. The number of nitrogens with zero attached hydrogens (tertiary/aromatic N) is 2. The Balaban J connectivity index is 1.11. The predicted octanol–water partition coefficient (Wildman–Crippen LogP) is 16.4. The molecule has 0 spiro atoms. The molecule has 69 heavy (non-hydrogen) atoms. The molecule has 12 rings (SSSR count). The summed E-state index contributed by atoms with van der Waals surface area (Å²) < 4.78 is 13.4. The summed E-state index contributed by atoms with van der Waals surface area (Å²) in [5.74, 6) is 0.